The van der Waals surface area contributed by atoms with E-state index in [1.807, 2.05) is 6.07 Å². The van der Waals surface area contributed by atoms with Crippen molar-refractivity contribution in [2.75, 3.05) is 6.54 Å². The van der Waals surface area contributed by atoms with Gasteiger partial charge in [0.15, 0.2) is 0 Å². The van der Waals surface area contributed by atoms with Crippen LogP contribution in [0, 0.1) is 0 Å². The first-order valence-corrected chi connectivity index (χ1v) is 7.87. The van der Waals surface area contributed by atoms with Gasteiger partial charge in [-0.05, 0) is 37.5 Å². The van der Waals surface area contributed by atoms with Crippen molar-refractivity contribution in [3.8, 4) is 0 Å². The van der Waals surface area contributed by atoms with Crippen LogP contribution in [0.5, 0.6) is 0 Å². The zero-order chi connectivity index (χ0) is 14.7. The second-order valence-electron chi connectivity index (χ2n) is 5.95. The topological polar surface area (TPSA) is 42.4 Å². The maximum absolute atomic E-state index is 6.05. The number of likely N-dealkylation sites (tertiary alicyclic amines) is 1. The summed E-state index contributed by atoms with van der Waals surface area (Å²) in [6.45, 7) is 3.01. The zero-order valence-corrected chi connectivity index (χ0v) is 12.6. The minimum atomic E-state index is 0.157. The smallest absolute Gasteiger partial charge is 0.125 e. The molecule has 112 valence electrons. The third-order valence-corrected chi connectivity index (χ3v) is 4.59. The number of benzene rings is 1. The van der Waals surface area contributed by atoms with Gasteiger partial charge in [-0.15, -0.1) is 0 Å². The Kier molecular flexibility index (Phi) is 4.42. The van der Waals surface area contributed by atoms with Crippen LogP contribution in [-0.2, 0) is 0 Å². The summed E-state index contributed by atoms with van der Waals surface area (Å²) in [5.41, 5.74) is 7.33. The number of furan rings is 1. The summed E-state index contributed by atoms with van der Waals surface area (Å²) < 4.78 is 5.76. The Morgan fingerprint density at radius 2 is 2.00 bits per heavy atom. The highest BCUT2D eigenvalue weighted by molar-refractivity contribution is 5.27. The molecule has 1 aliphatic rings. The van der Waals surface area contributed by atoms with Gasteiger partial charge in [0.25, 0.3) is 0 Å². The minimum Gasteiger partial charge on any atom is -0.467 e. The maximum Gasteiger partial charge on any atom is 0.125 e. The largest absolute Gasteiger partial charge is 0.467 e. The quantitative estimate of drug-likeness (QED) is 0.933. The monoisotopic (exact) mass is 284 g/mol. The van der Waals surface area contributed by atoms with Gasteiger partial charge >= 0.3 is 0 Å². The van der Waals surface area contributed by atoms with Crippen molar-refractivity contribution in [2.24, 2.45) is 5.73 Å². The van der Waals surface area contributed by atoms with Crippen molar-refractivity contribution in [2.45, 2.75) is 44.3 Å². The van der Waals surface area contributed by atoms with Crippen molar-refractivity contribution in [3.05, 3.63) is 60.1 Å². The SMILES string of the molecule is CC1CCCC(CN)N1C(c1ccccc1)c1ccco1. The van der Waals surface area contributed by atoms with Crippen LogP contribution >= 0.6 is 0 Å². The molecule has 3 atom stereocenters. The highest BCUT2D eigenvalue weighted by Gasteiger charge is 2.35. The molecule has 3 rings (SSSR count). The van der Waals surface area contributed by atoms with Gasteiger partial charge in [-0.25, -0.2) is 0 Å². The molecule has 3 heteroatoms. The average molecular weight is 284 g/mol. The molecule has 0 spiro atoms. The lowest BCUT2D eigenvalue weighted by Gasteiger charge is -2.44. The molecule has 2 aromatic rings. The fourth-order valence-electron chi connectivity index (χ4n) is 3.58. The maximum atomic E-state index is 6.05. The van der Waals surface area contributed by atoms with Crippen LogP contribution in [0.4, 0.5) is 0 Å². The molecule has 3 nitrogen and oxygen atoms in total. The lowest BCUT2D eigenvalue weighted by molar-refractivity contribution is 0.0568. The van der Waals surface area contributed by atoms with Gasteiger partial charge in [0.2, 0.25) is 0 Å². The molecule has 2 heterocycles. The predicted molar refractivity (Wildman–Crippen MR) is 85.0 cm³/mol. The molecule has 1 fully saturated rings. The van der Waals surface area contributed by atoms with Crippen LogP contribution in [0.3, 0.4) is 0 Å². The number of nitrogens with two attached hydrogens (primary N) is 1. The van der Waals surface area contributed by atoms with Gasteiger partial charge in [-0.2, -0.15) is 0 Å². The van der Waals surface area contributed by atoms with Gasteiger partial charge in [0.1, 0.15) is 5.76 Å². The summed E-state index contributed by atoms with van der Waals surface area (Å²) in [4.78, 5) is 2.55. The fourth-order valence-corrected chi connectivity index (χ4v) is 3.58. The molecule has 0 saturated carbocycles. The van der Waals surface area contributed by atoms with E-state index in [0.717, 1.165) is 5.76 Å². The second-order valence-corrected chi connectivity index (χ2v) is 5.95. The van der Waals surface area contributed by atoms with Gasteiger partial charge in [-0.3, -0.25) is 4.90 Å². The van der Waals surface area contributed by atoms with Crippen molar-refractivity contribution in [1.82, 2.24) is 4.90 Å². The van der Waals surface area contributed by atoms with Gasteiger partial charge < -0.3 is 10.2 Å². The predicted octanol–water partition coefficient (Wildman–Crippen LogP) is 3.57. The molecule has 1 aliphatic heterocycles. The summed E-state index contributed by atoms with van der Waals surface area (Å²) >= 11 is 0. The standard InChI is InChI=1S/C18H24N2O/c1-14-7-5-10-16(13-19)20(14)18(17-11-6-12-21-17)15-8-3-2-4-9-15/h2-4,6,8-9,11-12,14,16,18H,5,7,10,13,19H2,1H3. The average Bonchev–Trinajstić information content (AvgIpc) is 3.04. The first-order valence-electron chi connectivity index (χ1n) is 7.87. The Morgan fingerprint density at radius 1 is 1.19 bits per heavy atom. The molecule has 1 aromatic heterocycles. The third-order valence-electron chi connectivity index (χ3n) is 4.59. The van der Waals surface area contributed by atoms with Gasteiger partial charge in [0.05, 0.1) is 12.3 Å². The number of rotatable bonds is 4. The van der Waals surface area contributed by atoms with E-state index in [4.69, 9.17) is 10.2 Å². The molecule has 1 aromatic carbocycles. The third kappa shape index (κ3) is 2.89. The molecular formula is C18H24N2O. The summed E-state index contributed by atoms with van der Waals surface area (Å²) in [6.07, 6.45) is 5.42. The van der Waals surface area contributed by atoms with E-state index < -0.39 is 0 Å². The Morgan fingerprint density at radius 3 is 2.67 bits per heavy atom. The fraction of sp³-hybridized carbons (Fsp3) is 0.444. The van der Waals surface area contributed by atoms with E-state index in [2.05, 4.69) is 48.2 Å². The molecule has 0 amide bonds. The number of hydrogen-bond donors (Lipinski definition) is 1. The van der Waals surface area contributed by atoms with E-state index in [-0.39, 0.29) is 6.04 Å². The highest BCUT2D eigenvalue weighted by Crippen LogP contribution is 2.36. The van der Waals surface area contributed by atoms with Crippen LogP contribution < -0.4 is 5.73 Å². The Bertz CT molecular complexity index is 538. The molecule has 3 unspecified atom stereocenters. The lowest BCUT2D eigenvalue weighted by Crippen LogP contribution is -2.50. The summed E-state index contributed by atoms with van der Waals surface area (Å²) in [6, 6.07) is 15.8. The lowest BCUT2D eigenvalue weighted by atomic mass is 9.91. The Hall–Kier alpha value is -1.58. The molecule has 1 saturated heterocycles. The molecular weight excluding hydrogens is 260 g/mol. The normalized spacial score (nSPS) is 24.9. The van der Waals surface area contributed by atoms with E-state index in [1.54, 1.807) is 6.26 Å². The van der Waals surface area contributed by atoms with Crippen molar-refractivity contribution in [1.29, 1.82) is 0 Å². The van der Waals surface area contributed by atoms with Crippen molar-refractivity contribution < 1.29 is 4.42 Å². The van der Waals surface area contributed by atoms with Crippen LogP contribution in [0.15, 0.2) is 53.1 Å². The second kappa shape index (κ2) is 6.46. The van der Waals surface area contributed by atoms with Crippen molar-refractivity contribution >= 4 is 0 Å². The summed E-state index contributed by atoms with van der Waals surface area (Å²) in [5.74, 6) is 1.01. The molecule has 21 heavy (non-hydrogen) atoms. The van der Waals surface area contributed by atoms with Crippen LogP contribution in [0.1, 0.15) is 43.6 Å². The Labute approximate surface area is 126 Å². The summed E-state index contributed by atoms with van der Waals surface area (Å²) in [5, 5.41) is 0. The molecule has 2 N–H and O–H groups in total. The van der Waals surface area contributed by atoms with Crippen LogP contribution in [0.2, 0.25) is 0 Å². The van der Waals surface area contributed by atoms with Crippen LogP contribution in [0.25, 0.3) is 0 Å². The number of hydrogen-bond acceptors (Lipinski definition) is 3. The van der Waals surface area contributed by atoms with E-state index in [0.29, 0.717) is 18.6 Å². The van der Waals surface area contributed by atoms with E-state index in [9.17, 15) is 0 Å². The zero-order valence-electron chi connectivity index (χ0n) is 12.6. The molecule has 0 bridgehead atoms. The Balaban J connectivity index is 2.02. The number of nitrogens with zero attached hydrogens (tertiary/aromatic N) is 1. The first kappa shape index (κ1) is 14.4. The molecule has 0 aliphatic carbocycles. The summed E-state index contributed by atoms with van der Waals surface area (Å²) in [7, 11) is 0. The minimum absolute atomic E-state index is 0.157. The van der Waals surface area contributed by atoms with Gasteiger partial charge in [-0.1, -0.05) is 36.8 Å². The first-order chi connectivity index (χ1) is 10.3. The highest BCUT2D eigenvalue weighted by atomic mass is 16.3. The van der Waals surface area contributed by atoms with E-state index >= 15 is 0 Å². The van der Waals surface area contributed by atoms with Crippen molar-refractivity contribution in [3.63, 3.8) is 0 Å². The van der Waals surface area contributed by atoms with E-state index in [1.165, 1.54) is 24.8 Å². The van der Waals surface area contributed by atoms with Gasteiger partial charge in [0, 0.05) is 18.6 Å². The number of piperidine rings is 1. The molecule has 0 radical (unpaired) electrons. The van der Waals surface area contributed by atoms with Crippen LogP contribution in [-0.4, -0.2) is 23.5 Å².